The Morgan fingerprint density at radius 2 is 2.11 bits per heavy atom. The highest BCUT2D eigenvalue weighted by molar-refractivity contribution is 5.79. The minimum atomic E-state index is 0.113. The van der Waals surface area contributed by atoms with Gasteiger partial charge in [-0.3, -0.25) is 9.69 Å². The number of nitrogens with one attached hydrogen (secondary N) is 2. The van der Waals surface area contributed by atoms with Gasteiger partial charge in [0.25, 0.3) is 0 Å². The Bertz CT molecular complexity index is 759. The highest BCUT2D eigenvalue weighted by Crippen LogP contribution is 2.27. The molecule has 146 valence electrons. The van der Waals surface area contributed by atoms with E-state index in [1.165, 1.54) is 25.7 Å². The zero-order valence-corrected chi connectivity index (χ0v) is 16.0. The van der Waals surface area contributed by atoms with Crippen molar-refractivity contribution in [2.75, 3.05) is 39.3 Å². The molecule has 4 heterocycles. The molecule has 7 heteroatoms. The smallest absolute Gasteiger partial charge is 0.234 e. The summed E-state index contributed by atoms with van der Waals surface area (Å²) in [7, 11) is 0. The second-order valence-electron chi connectivity index (χ2n) is 7.71. The Morgan fingerprint density at radius 3 is 2.89 bits per heavy atom. The van der Waals surface area contributed by atoms with Gasteiger partial charge < -0.3 is 10.6 Å². The molecule has 2 aromatic heterocycles. The fourth-order valence-electron chi connectivity index (χ4n) is 4.23. The molecule has 0 unspecified atom stereocenters. The van der Waals surface area contributed by atoms with Crippen molar-refractivity contribution in [3.63, 3.8) is 0 Å². The van der Waals surface area contributed by atoms with Gasteiger partial charge in [0.15, 0.2) is 5.65 Å². The van der Waals surface area contributed by atoms with Crippen LogP contribution in [0.2, 0.25) is 0 Å². The van der Waals surface area contributed by atoms with Gasteiger partial charge in [-0.25, -0.2) is 9.67 Å². The van der Waals surface area contributed by atoms with Gasteiger partial charge in [0.1, 0.15) is 0 Å². The van der Waals surface area contributed by atoms with Crippen molar-refractivity contribution < 1.29 is 4.79 Å². The van der Waals surface area contributed by atoms with E-state index in [4.69, 9.17) is 5.10 Å². The summed E-state index contributed by atoms with van der Waals surface area (Å²) in [4.78, 5) is 19.1. The Labute approximate surface area is 160 Å². The molecule has 4 rings (SSSR count). The number of rotatable bonds is 6. The maximum Gasteiger partial charge on any atom is 0.234 e. The lowest BCUT2D eigenvalue weighted by molar-refractivity contribution is -0.122. The molecule has 0 aliphatic carbocycles. The van der Waals surface area contributed by atoms with Crippen LogP contribution in [0.25, 0.3) is 11.0 Å². The van der Waals surface area contributed by atoms with Crippen LogP contribution in [0, 0.1) is 0 Å². The predicted octanol–water partition coefficient (Wildman–Crippen LogP) is 1.50. The number of aromatic nitrogens is 3. The average Bonchev–Trinajstić information content (AvgIpc) is 3.25. The first-order valence-electron chi connectivity index (χ1n) is 10.3. The zero-order valence-electron chi connectivity index (χ0n) is 16.0. The second kappa shape index (κ2) is 8.80. The number of amides is 1. The quantitative estimate of drug-likeness (QED) is 0.806. The SMILES string of the molecule is O=C(CN1CCCCCC1)NCCn1nc([C@H]2CCNC2)c2cccnc21. The van der Waals surface area contributed by atoms with Gasteiger partial charge in [0.05, 0.1) is 18.8 Å². The third kappa shape index (κ3) is 4.47. The van der Waals surface area contributed by atoms with E-state index in [-0.39, 0.29) is 5.91 Å². The molecule has 0 saturated carbocycles. The monoisotopic (exact) mass is 370 g/mol. The van der Waals surface area contributed by atoms with Crippen LogP contribution in [-0.2, 0) is 11.3 Å². The molecule has 0 aromatic carbocycles. The normalized spacial score (nSPS) is 21.4. The molecule has 0 bridgehead atoms. The Hall–Kier alpha value is -1.99. The fourth-order valence-corrected chi connectivity index (χ4v) is 4.23. The lowest BCUT2D eigenvalue weighted by Gasteiger charge is -2.18. The lowest BCUT2D eigenvalue weighted by atomic mass is 10.0. The van der Waals surface area contributed by atoms with Gasteiger partial charge in [0.2, 0.25) is 5.91 Å². The molecule has 2 fully saturated rings. The predicted molar refractivity (Wildman–Crippen MR) is 106 cm³/mol. The summed E-state index contributed by atoms with van der Waals surface area (Å²) in [6.07, 6.45) is 7.92. The van der Waals surface area contributed by atoms with Crippen molar-refractivity contribution in [3.8, 4) is 0 Å². The van der Waals surface area contributed by atoms with Gasteiger partial charge in [-0.05, 0) is 51.0 Å². The minimum Gasteiger partial charge on any atom is -0.353 e. The number of hydrogen-bond donors (Lipinski definition) is 2. The van der Waals surface area contributed by atoms with Crippen LogP contribution in [-0.4, -0.2) is 64.8 Å². The van der Waals surface area contributed by atoms with Crippen LogP contribution in [0.5, 0.6) is 0 Å². The van der Waals surface area contributed by atoms with Gasteiger partial charge >= 0.3 is 0 Å². The van der Waals surface area contributed by atoms with Crippen molar-refractivity contribution in [2.45, 2.75) is 44.6 Å². The third-order valence-electron chi connectivity index (χ3n) is 5.69. The number of carbonyl (C=O) groups is 1. The first-order chi connectivity index (χ1) is 13.3. The van der Waals surface area contributed by atoms with E-state index in [0.29, 0.717) is 25.6 Å². The average molecular weight is 371 g/mol. The standard InChI is InChI=1S/C20H30N6O/c27-18(15-25-11-3-1-2-4-12-25)22-10-13-26-20-17(6-5-8-23-20)19(24-26)16-7-9-21-14-16/h5-6,8,16,21H,1-4,7,9-15H2,(H,22,27)/t16-/m0/s1. The molecular formula is C20H30N6O. The molecule has 2 saturated heterocycles. The van der Waals surface area contributed by atoms with E-state index in [1.54, 1.807) is 0 Å². The highest BCUT2D eigenvalue weighted by Gasteiger charge is 2.23. The second-order valence-corrected chi connectivity index (χ2v) is 7.71. The maximum atomic E-state index is 12.3. The van der Waals surface area contributed by atoms with Crippen LogP contribution >= 0.6 is 0 Å². The van der Waals surface area contributed by atoms with Crippen LogP contribution in [0.4, 0.5) is 0 Å². The molecule has 1 atom stereocenters. The number of hydrogen-bond acceptors (Lipinski definition) is 5. The molecule has 2 aliphatic rings. The summed E-state index contributed by atoms with van der Waals surface area (Å²) >= 11 is 0. The van der Waals surface area contributed by atoms with E-state index >= 15 is 0 Å². The number of nitrogens with zero attached hydrogens (tertiary/aromatic N) is 4. The summed E-state index contributed by atoms with van der Waals surface area (Å²) < 4.78 is 1.95. The molecule has 27 heavy (non-hydrogen) atoms. The molecule has 2 aromatic rings. The highest BCUT2D eigenvalue weighted by atomic mass is 16.2. The van der Waals surface area contributed by atoms with Crippen molar-refractivity contribution in [2.24, 2.45) is 0 Å². The van der Waals surface area contributed by atoms with Crippen LogP contribution < -0.4 is 10.6 Å². The van der Waals surface area contributed by atoms with Crippen LogP contribution in [0.3, 0.4) is 0 Å². The van der Waals surface area contributed by atoms with Crippen molar-refractivity contribution in [1.29, 1.82) is 0 Å². The molecule has 1 amide bonds. The Morgan fingerprint density at radius 1 is 1.26 bits per heavy atom. The Kier molecular flexibility index (Phi) is 5.99. The van der Waals surface area contributed by atoms with E-state index in [2.05, 4.69) is 26.6 Å². The Balaban J connectivity index is 1.35. The van der Waals surface area contributed by atoms with Crippen molar-refractivity contribution in [3.05, 3.63) is 24.0 Å². The first-order valence-corrected chi connectivity index (χ1v) is 10.3. The molecule has 0 spiro atoms. The van der Waals surface area contributed by atoms with Gasteiger partial charge in [-0.1, -0.05) is 12.8 Å². The minimum absolute atomic E-state index is 0.113. The topological polar surface area (TPSA) is 75.1 Å². The van der Waals surface area contributed by atoms with Crippen LogP contribution in [0.1, 0.15) is 43.7 Å². The lowest BCUT2D eigenvalue weighted by Crippen LogP contribution is -2.38. The van der Waals surface area contributed by atoms with E-state index < -0.39 is 0 Å². The van der Waals surface area contributed by atoms with Gasteiger partial charge in [-0.15, -0.1) is 0 Å². The molecule has 2 N–H and O–H groups in total. The summed E-state index contributed by atoms with van der Waals surface area (Å²) in [5.41, 5.74) is 2.06. The zero-order chi connectivity index (χ0) is 18.5. The molecule has 2 aliphatic heterocycles. The summed E-state index contributed by atoms with van der Waals surface area (Å²) in [5.74, 6) is 0.567. The van der Waals surface area contributed by atoms with Gasteiger partial charge in [0, 0.05) is 30.6 Å². The number of likely N-dealkylation sites (tertiary alicyclic amines) is 1. The van der Waals surface area contributed by atoms with Crippen molar-refractivity contribution >= 4 is 16.9 Å². The van der Waals surface area contributed by atoms with Crippen molar-refractivity contribution in [1.82, 2.24) is 30.3 Å². The third-order valence-corrected chi connectivity index (χ3v) is 5.69. The van der Waals surface area contributed by atoms with Crippen LogP contribution in [0.15, 0.2) is 18.3 Å². The number of fused-ring (bicyclic) bond motifs is 1. The fraction of sp³-hybridized carbons (Fsp3) is 0.650. The summed E-state index contributed by atoms with van der Waals surface area (Å²) in [6.45, 7) is 5.86. The van der Waals surface area contributed by atoms with E-state index in [9.17, 15) is 4.79 Å². The molecular weight excluding hydrogens is 340 g/mol. The number of carbonyl (C=O) groups excluding carboxylic acids is 1. The van der Waals surface area contributed by atoms with E-state index in [1.807, 2.05) is 16.9 Å². The first kappa shape index (κ1) is 18.4. The maximum absolute atomic E-state index is 12.3. The molecule has 7 nitrogen and oxygen atoms in total. The molecule has 0 radical (unpaired) electrons. The summed E-state index contributed by atoms with van der Waals surface area (Å²) in [6, 6.07) is 4.08. The largest absolute Gasteiger partial charge is 0.353 e. The van der Waals surface area contributed by atoms with Gasteiger partial charge in [-0.2, -0.15) is 5.10 Å². The van der Waals surface area contributed by atoms with E-state index in [0.717, 1.165) is 49.3 Å². The summed E-state index contributed by atoms with van der Waals surface area (Å²) in [5, 5.41) is 12.5. The number of pyridine rings is 1.